The summed E-state index contributed by atoms with van der Waals surface area (Å²) >= 11 is 0. The smallest absolute Gasteiger partial charge is 0.234 e. The fourth-order valence-corrected chi connectivity index (χ4v) is 7.17. The van der Waals surface area contributed by atoms with E-state index in [1.54, 1.807) is 0 Å². The van der Waals surface area contributed by atoms with Crippen molar-refractivity contribution in [3.8, 4) is 0 Å². The molecular weight excluding hydrogens is 556 g/mol. The highest BCUT2D eigenvalue weighted by molar-refractivity contribution is 5.21. The Kier molecular flexibility index (Phi) is 20.5. The van der Waals surface area contributed by atoms with Crippen LogP contribution in [0.1, 0.15) is 184 Å². The van der Waals surface area contributed by atoms with E-state index in [4.69, 9.17) is 0 Å². The SMILES string of the molecule is CCCCCCCCCCCCCCCC[n+]1c(CC(C)c2ccccc2)cn(CCCCCCCCC)c1Cc1ccccc1. The molecule has 0 N–H and O–H groups in total. The second-order valence-corrected chi connectivity index (χ2v) is 14.3. The molecule has 1 heterocycles. The summed E-state index contributed by atoms with van der Waals surface area (Å²) in [6.45, 7) is 9.33. The molecule has 0 aliphatic carbocycles. The Balaban J connectivity index is 1.58. The topological polar surface area (TPSA) is 8.81 Å². The lowest BCUT2D eigenvalue weighted by Crippen LogP contribution is -2.41. The van der Waals surface area contributed by atoms with Crippen molar-refractivity contribution in [3.63, 3.8) is 0 Å². The van der Waals surface area contributed by atoms with Gasteiger partial charge in [-0.2, -0.15) is 0 Å². The molecule has 3 rings (SSSR count). The molecule has 1 aromatic heterocycles. The summed E-state index contributed by atoms with van der Waals surface area (Å²) in [5, 5.41) is 0. The molecule has 3 aromatic rings. The highest BCUT2D eigenvalue weighted by atomic mass is 15.2. The Hall–Kier alpha value is -2.35. The van der Waals surface area contributed by atoms with Gasteiger partial charge in [-0.25, -0.2) is 9.13 Å². The standard InChI is InChI=1S/C44H71N2/c1-4-6-8-10-12-13-14-15-16-17-18-20-22-30-36-46-43(37-40(3)42-33-27-24-28-34-42)39-45(35-29-21-19-11-9-7-5-2)44(46)38-41-31-25-23-26-32-41/h23-28,31-34,39-40H,4-22,29-30,35-38H2,1-3H3/q+1. The fraction of sp³-hybridized carbons (Fsp3) is 0.659. The van der Waals surface area contributed by atoms with E-state index >= 15 is 0 Å². The van der Waals surface area contributed by atoms with E-state index in [0.717, 1.165) is 25.9 Å². The molecule has 2 heteroatoms. The Morgan fingerprint density at radius 2 is 1.00 bits per heavy atom. The van der Waals surface area contributed by atoms with Gasteiger partial charge >= 0.3 is 0 Å². The second kappa shape index (κ2) is 24.8. The Labute approximate surface area is 285 Å². The highest BCUT2D eigenvalue weighted by Gasteiger charge is 2.25. The van der Waals surface area contributed by atoms with Gasteiger partial charge < -0.3 is 0 Å². The molecule has 46 heavy (non-hydrogen) atoms. The number of unbranched alkanes of at least 4 members (excludes halogenated alkanes) is 19. The van der Waals surface area contributed by atoms with Crippen LogP contribution < -0.4 is 4.57 Å². The van der Waals surface area contributed by atoms with Crippen LogP contribution in [-0.2, 0) is 25.9 Å². The van der Waals surface area contributed by atoms with Crippen LogP contribution in [0.4, 0.5) is 0 Å². The Morgan fingerprint density at radius 1 is 0.543 bits per heavy atom. The summed E-state index contributed by atoms with van der Waals surface area (Å²) in [5.74, 6) is 2.03. The number of imidazole rings is 1. The first-order chi connectivity index (χ1) is 22.7. The summed E-state index contributed by atoms with van der Waals surface area (Å²) in [6, 6.07) is 22.3. The molecule has 2 aromatic carbocycles. The molecule has 0 aliphatic heterocycles. The van der Waals surface area contributed by atoms with Gasteiger partial charge in [0.2, 0.25) is 0 Å². The minimum absolute atomic E-state index is 0.516. The molecule has 1 atom stereocenters. The summed E-state index contributed by atoms with van der Waals surface area (Å²) in [5.41, 5.74) is 4.41. The lowest BCUT2D eigenvalue weighted by molar-refractivity contribution is -0.710. The summed E-state index contributed by atoms with van der Waals surface area (Å²) < 4.78 is 5.39. The van der Waals surface area contributed by atoms with E-state index in [1.165, 1.54) is 157 Å². The van der Waals surface area contributed by atoms with E-state index in [-0.39, 0.29) is 0 Å². The van der Waals surface area contributed by atoms with Crippen molar-refractivity contribution in [3.05, 3.63) is 89.5 Å². The first-order valence-corrected chi connectivity index (χ1v) is 19.9. The van der Waals surface area contributed by atoms with Gasteiger partial charge in [0.1, 0.15) is 11.9 Å². The molecular formula is C44H71N2+. The van der Waals surface area contributed by atoms with Crippen molar-refractivity contribution in [2.75, 3.05) is 0 Å². The maximum absolute atomic E-state index is 2.74. The largest absolute Gasteiger partial charge is 0.261 e. The van der Waals surface area contributed by atoms with Crippen molar-refractivity contribution in [1.82, 2.24) is 4.57 Å². The number of rotatable bonds is 28. The van der Waals surface area contributed by atoms with Gasteiger partial charge in [0, 0.05) is 6.42 Å². The lowest BCUT2D eigenvalue weighted by atomic mass is 9.96. The van der Waals surface area contributed by atoms with Crippen LogP contribution in [0.2, 0.25) is 0 Å². The van der Waals surface area contributed by atoms with Crippen molar-refractivity contribution < 1.29 is 4.57 Å². The molecule has 2 nitrogen and oxygen atoms in total. The van der Waals surface area contributed by atoms with Gasteiger partial charge in [-0.1, -0.05) is 191 Å². The number of hydrogen-bond donors (Lipinski definition) is 0. The van der Waals surface area contributed by atoms with Crippen molar-refractivity contribution in [1.29, 1.82) is 0 Å². The lowest BCUT2D eigenvalue weighted by Gasteiger charge is -2.12. The van der Waals surface area contributed by atoms with Crippen LogP contribution in [0.25, 0.3) is 0 Å². The second-order valence-electron chi connectivity index (χ2n) is 14.3. The zero-order valence-corrected chi connectivity index (χ0v) is 30.5. The van der Waals surface area contributed by atoms with E-state index in [0.29, 0.717) is 5.92 Å². The van der Waals surface area contributed by atoms with Crippen LogP contribution in [0, 0.1) is 0 Å². The van der Waals surface area contributed by atoms with E-state index in [1.807, 2.05) is 0 Å². The van der Waals surface area contributed by atoms with Crippen LogP contribution >= 0.6 is 0 Å². The third-order valence-electron chi connectivity index (χ3n) is 10.1. The van der Waals surface area contributed by atoms with Crippen LogP contribution in [0.3, 0.4) is 0 Å². The predicted octanol–water partition coefficient (Wildman–Crippen LogP) is 12.9. The molecule has 0 radical (unpaired) electrons. The molecule has 256 valence electrons. The first-order valence-electron chi connectivity index (χ1n) is 19.9. The molecule has 1 unspecified atom stereocenters. The molecule has 0 amide bonds. The number of aryl methyl sites for hydroxylation is 1. The van der Waals surface area contributed by atoms with E-state index < -0.39 is 0 Å². The minimum atomic E-state index is 0.516. The number of aromatic nitrogens is 2. The first kappa shape index (κ1) is 38.1. The Morgan fingerprint density at radius 3 is 1.52 bits per heavy atom. The number of hydrogen-bond acceptors (Lipinski definition) is 0. The predicted molar refractivity (Wildman–Crippen MR) is 201 cm³/mol. The third kappa shape index (κ3) is 15.5. The molecule has 0 aliphatic rings. The van der Waals surface area contributed by atoms with Crippen molar-refractivity contribution in [2.45, 2.75) is 187 Å². The molecule has 0 saturated heterocycles. The van der Waals surface area contributed by atoms with E-state index in [2.05, 4.69) is 96.8 Å². The summed E-state index contributed by atoms with van der Waals surface area (Å²) in [4.78, 5) is 0. The molecule has 0 spiro atoms. The van der Waals surface area contributed by atoms with Gasteiger partial charge in [-0.15, -0.1) is 0 Å². The number of nitrogens with zero attached hydrogens (tertiary/aromatic N) is 2. The monoisotopic (exact) mass is 628 g/mol. The zero-order chi connectivity index (χ0) is 32.5. The zero-order valence-electron chi connectivity index (χ0n) is 30.5. The Bertz CT molecular complexity index is 1120. The third-order valence-corrected chi connectivity index (χ3v) is 10.1. The van der Waals surface area contributed by atoms with Gasteiger partial charge in [0.15, 0.2) is 0 Å². The average Bonchev–Trinajstić information content (AvgIpc) is 3.39. The van der Waals surface area contributed by atoms with Crippen LogP contribution in [0.5, 0.6) is 0 Å². The summed E-state index contributed by atoms with van der Waals surface area (Å²) in [7, 11) is 0. The van der Waals surface area contributed by atoms with Gasteiger partial charge in [0.05, 0.1) is 19.5 Å². The summed E-state index contributed by atoms with van der Waals surface area (Å²) in [6.07, 6.45) is 34.0. The van der Waals surface area contributed by atoms with Gasteiger partial charge in [-0.05, 0) is 42.7 Å². The fourth-order valence-electron chi connectivity index (χ4n) is 7.17. The highest BCUT2D eigenvalue weighted by Crippen LogP contribution is 2.21. The molecule has 0 bridgehead atoms. The average molecular weight is 628 g/mol. The van der Waals surface area contributed by atoms with Gasteiger partial charge in [0.25, 0.3) is 5.82 Å². The molecule has 0 saturated carbocycles. The molecule has 0 fully saturated rings. The van der Waals surface area contributed by atoms with Gasteiger partial charge in [-0.3, -0.25) is 0 Å². The minimum Gasteiger partial charge on any atom is -0.234 e. The number of benzene rings is 2. The van der Waals surface area contributed by atoms with Crippen LogP contribution in [-0.4, -0.2) is 4.57 Å². The maximum Gasteiger partial charge on any atom is 0.261 e. The van der Waals surface area contributed by atoms with Crippen molar-refractivity contribution >= 4 is 0 Å². The maximum atomic E-state index is 2.74. The van der Waals surface area contributed by atoms with Crippen LogP contribution in [0.15, 0.2) is 66.9 Å². The normalized spacial score (nSPS) is 12.2. The van der Waals surface area contributed by atoms with Crippen molar-refractivity contribution in [2.24, 2.45) is 0 Å². The van der Waals surface area contributed by atoms with E-state index in [9.17, 15) is 0 Å². The quantitative estimate of drug-likeness (QED) is 0.0559.